The van der Waals surface area contributed by atoms with E-state index in [0.29, 0.717) is 12.0 Å². The highest BCUT2D eigenvalue weighted by Gasteiger charge is 2.47. The van der Waals surface area contributed by atoms with Gasteiger partial charge in [-0.05, 0) is 69.0 Å². The molecule has 1 N–H and O–H groups in total. The number of hydrogen-bond donors (Lipinski definition) is 1. The standard InChI is InChI=1S/C23H23ClF2O3/c1-6-12-7-8-13(18-16(25)10-14(24)11-17(18)26)9-15(12)19-20(27)22(2,3)29-23(4,5)21(19)28/h7-11,27H,6H2,1-5H3. The average Bonchev–Trinajstić information content (AvgIpc) is 2.59. The molecule has 3 nitrogen and oxygen atoms in total. The van der Waals surface area contributed by atoms with Crippen molar-refractivity contribution in [1.29, 1.82) is 0 Å². The van der Waals surface area contributed by atoms with E-state index < -0.39 is 28.6 Å². The Labute approximate surface area is 174 Å². The van der Waals surface area contributed by atoms with Gasteiger partial charge in [0, 0.05) is 5.02 Å². The van der Waals surface area contributed by atoms with Crippen LogP contribution in [0, 0.1) is 11.6 Å². The van der Waals surface area contributed by atoms with E-state index in [-0.39, 0.29) is 27.5 Å². The number of benzene rings is 2. The highest BCUT2D eigenvalue weighted by atomic mass is 35.5. The normalized spacial score (nSPS) is 18.3. The molecule has 0 atom stereocenters. The minimum atomic E-state index is -1.16. The van der Waals surface area contributed by atoms with Gasteiger partial charge >= 0.3 is 0 Å². The molecular weight excluding hydrogens is 398 g/mol. The van der Waals surface area contributed by atoms with Gasteiger partial charge in [0.05, 0.1) is 11.1 Å². The Morgan fingerprint density at radius 3 is 2.17 bits per heavy atom. The summed E-state index contributed by atoms with van der Waals surface area (Å²) in [6.07, 6.45) is 0.562. The monoisotopic (exact) mass is 420 g/mol. The van der Waals surface area contributed by atoms with Gasteiger partial charge in [-0.1, -0.05) is 30.7 Å². The van der Waals surface area contributed by atoms with Crippen LogP contribution in [-0.4, -0.2) is 22.1 Å². The third kappa shape index (κ3) is 3.69. The van der Waals surface area contributed by atoms with Crippen molar-refractivity contribution in [2.24, 2.45) is 0 Å². The molecule has 1 heterocycles. The lowest BCUT2D eigenvalue weighted by Gasteiger charge is -2.40. The summed E-state index contributed by atoms with van der Waals surface area (Å²) in [7, 11) is 0. The maximum atomic E-state index is 14.5. The fourth-order valence-corrected chi connectivity index (χ4v) is 3.97. The Balaban J connectivity index is 2.31. The summed E-state index contributed by atoms with van der Waals surface area (Å²) in [5.74, 6) is -2.20. The molecule has 6 heteroatoms. The smallest absolute Gasteiger partial charge is 0.198 e. The van der Waals surface area contributed by atoms with Crippen molar-refractivity contribution >= 4 is 23.0 Å². The van der Waals surface area contributed by atoms with E-state index in [9.17, 15) is 18.7 Å². The van der Waals surface area contributed by atoms with E-state index in [2.05, 4.69) is 0 Å². The summed E-state index contributed by atoms with van der Waals surface area (Å²) in [6, 6.07) is 6.91. The SMILES string of the molecule is CCc1ccc(-c2c(F)cc(Cl)cc2F)cc1C1=C(O)C(C)(C)OC(C)(C)C1=O. The number of hydrogen-bond acceptors (Lipinski definition) is 3. The van der Waals surface area contributed by atoms with E-state index in [1.807, 2.05) is 6.92 Å². The summed E-state index contributed by atoms with van der Waals surface area (Å²) in [6.45, 7) is 8.52. The second-order valence-electron chi connectivity index (χ2n) is 8.15. The number of Topliss-reactive ketones (excluding diaryl/α,β-unsaturated/α-hetero) is 1. The summed E-state index contributed by atoms with van der Waals surface area (Å²) in [5, 5.41) is 10.8. The molecule has 0 spiro atoms. The van der Waals surface area contributed by atoms with Crippen molar-refractivity contribution < 1.29 is 23.4 Å². The van der Waals surface area contributed by atoms with Gasteiger partial charge in [-0.15, -0.1) is 0 Å². The second-order valence-corrected chi connectivity index (χ2v) is 8.58. The summed E-state index contributed by atoms with van der Waals surface area (Å²) < 4.78 is 34.7. The largest absolute Gasteiger partial charge is 0.508 e. The fourth-order valence-electron chi connectivity index (χ4n) is 3.78. The van der Waals surface area contributed by atoms with E-state index >= 15 is 0 Å². The number of aryl methyl sites for hydroxylation is 1. The second kappa shape index (κ2) is 7.22. The number of rotatable bonds is 3. The molecule has 0 radical (unpaired) electrons. The first-order valence-electron chi connectivity index (χ1n) is 9.36. The molecule has 3 rings (SSSR count). The first-order chi connectivity index (χ1) is 13.4. The van der Waals surface area contributed by atoms with Gasteiger partial charge in [0.2, 0.25) is 0 Å². The van der Waals surface area contributed by atoms with Gasteiger partial charge in [-0.2, -0.15) is 0 Å². The zero-order valence-electron chi connectivity index (χ0n) is 17.0. The maximum Gasteiger partial charge on any atom is 0.198 e. The zero-order chi connectivity index (χ0) is 21.7. The lowest BCUT2D eigenvalue weighted by atomic mass is 9.80. The highest BCUT2D eigenvalue weighted by molar-refractivity contribution is 6.30. The molecule has 2 aromatic carbocycles. The molecule has 0 amide bonds. The van der Waals surface area contributed by atoms with Crippen LogP contribution in [0.2, 0.25) is 5.02 Å². The van der Waals surface area contributed by atoms with Crippen LogP contribution < -0.4 is 0 Å². The Bertz CT molecular complexity index is 1020. The molecule has 1 aliphatic rings. The highest BCUT2D eigenvalue weighted by Crippen LogP contribution is 2.42. The van der Waals surface area contributed by atoms with Crippen molar-refractivity contribution in [2.45, 2.75) is 52.2 Å². The van der Waals surface area contributed by atoms with Crippen LogP contribution in [0.1, 0.15) is 45.7 Å². The Morgan fingerprint density at radius 1 is 1.03 bits per heavy atom. The van der Waals surface area contributed by atoms with Crippen molar-refractivity contribution in [3.05, 3.63) is 63.9 Å². The number of carbonyl (C=O) groups excluding carboxylic acids is 1. The number of aliphatic hydroxyl groups excluding tert-OH is 1. The fraction of sp³-hybridized carbons (Fsp3) is 0.348. The van der Waals surface area contributed by atoms with E-state index in [4.69, 9.17) is 16.3 Å². The third-order valence-corrected chi connectivity index (χ3v) is 5.37. The quantitative estimate of drug-likeness (QED) is 0.636. The molecule has 0 aromatic heterocycles. The van der Waals surface area contributed by atoms with E-state index in [1.165, 1.54) is 6.07 Å². The number of ether oxygens (including phenoxy) is 1. The molecule has 2 aromatic rings. The van der Waals surface area contributed by atoms with Crippen LogP contribution in [0.4, 0.5) is 8.78 Å². The van der Waals surface area contributed by atoms with E-state index in [0.717, 1.165) is 17.7 Å². The van der Waals surface area contributed by atoms with Crippen LogP contribution in [0.3, 0.4) is 0 Å². The predicted molar refractivity (Wildman–Crippen MR) is 110 cm³/mol. The minimum Gasteiger partial charge on any atom is -0.508 e. The molecule has 0 aliphatic carbocycles. The van der Waals surface area contributed by atoms with Crippen molar-refractivity contribution in [3.63, 3.8) is 0 Å². The summed E-state index contributed by atoms with van der Waals surface area (Å²) in [4.78, 5) is 13.1. The van der Waals surface area contributed by atoms with Crippen LogP contribution in [-0.2, 0) is 16.0 Å². The van der Waals surface area contributed by atoms with E-state index in [1.54, 1.807) is 39.8 Å². The number of ketones is 1. The van der Waals surface area contributed by atoms with Crippen LogP contribution >= 0.6 is 11.6 Å². The Morgan fingerprint density at radius 2 is 1.62 bits per heavy atom. The molecular formula is C23H23ClF2O3. The first kappa shape index (κ1) is 21.5. The van der Waals surface area contributed by atoms with Gasteiger partial charge < -0.3 is 9.84 Å². The van der Waals surface area contributed by atoms with Gasteiger partial charge in [0.15, 0.2) is 5.78 Å². The molecule has 29 heavy (non-hydrogen) atoms. The van der Waals surface area contributed by atoms with Crippen LogP contribution in [0.15, 0.2) is 36.1 Å². The van der Waals surface area contributed by atoms with Crippen LogP contribution in [0.5, 0.6) is 0 Å². The number of aliphatic hydroxyl groups is 1. The molecule has 0 unspecified atom stereocenters. The Hall–Kier alpha value is -2.24. The van der Waals surface area contributed by atoms with Crippen molar-refractivity contribution in [1.82, 2.24) is 0 Å². The zero-order valence-corrected chi connectivity index (χ0v) is 17.7. The average molecular weight is 421 g/mol. The molecule has 0 bridgehead atoms. The van der Waals surface area contributed by atoms with Crippen LogP contribution in [0.25, 0.3) is 16.7 Å². The topological polar surface area (TPSA) is 46.5 Å². The van der Waals surface area contributed by atoms with Gasteiger partial charge in [-0.3, -0.25) is 4.79 Å². The Kier molecular flexibility index (Phi) is 5.35. The minimum absolute atomic E-state index is 0.0439. The predicted octanol–water partition coefficient (Wildman–Crippen LogP) is 6.27. The third-order valence-electron chi connectivity index (χ3n) is 5.15. The lowest BCUT2D eigenvalue weighted by Crippen LogP contribution is -2.49. The summed E-state index contributed by atoms with van der Waals surface area (Å²) in [5.41, 5.74) is -0.930. The molecule has 1 aliphatic heterocycles. The number of carbonyl (C=O) groups is 1. The van der Waals surface area contributed by atoms with Gasteiger partial charge in [0.1, 0.15) is 28.6 Å². The molecule has 0 saturated heterocycles. The molecule has 0 saturated carbocycles. The van der Waals surface area contributed by atoms with Gasteiger partial charge in [-0.25, -0.2) is 8.78 Å². The van der Waals surface area contributed by atoms with Gasteiger partial charge in [0.25, 0.3) is 0 Å². The molecule has 154 valence electrons. The first-order valence-corrected chi connectivity index (χ1v) is 9.73. The number of halogens is 3. The maximum absolute atomic E-state index is 14.5. The molecule has 0 fully saturated rings. The van der Waals surface area contributed by atoms with Crippen molar-refractivity contribution in [3.8, 4) is 11.1 Å². The lowest BCUT2D eigenvalue weighted by molar-refractivity contribution is -0.158. The summed E-state index contributed by atoms with van der Waals surface area (Å²) >= 11 is 5.73. The van der Waals surface area contributed by atoms with Crippen molar-refractivity contribution in [2.75, 3.05) is 0 Å².